The highest BCUT2D eigenvalue weighted by Gasteiger charge is 2.16. The van der Waals surface area contributed by atoms with Crippen molar-refractivity contribution in [3.05, 3.63) is 29.3 Å². The van der Waals surface area contributed by atoms with Gasteiger partial charge in [-0.05, 0) is 39.8 Å². The van der Waals surface area contributed by atoms with Gasteiger partial charge in [-0.25, -0.2) is 4.79 Å². The molecule has 0 aromatic heterocycles. The van der Waals surface area contributed by atoms with Crippen molar-refractivity contribution < 1.29 is 14.6 Å². The number of aromatic carboxylic acids is 1. The van der Waals surface area contributed by atoms with Gasteiger partial charge in [0.2, 0.25) is 0 Å². The summed E-state index contributed by atoms with van der Waals surface area (Å²) in [5.74, 6) is -0.297. The van der Waals surface area contributed by atoms with Crippen LogP contribution in [0.2, 0.25) is 0 Å². The smallest absolute Gasteiger partial charge is 0.336 e. The van der Waals surface area contributed by atoms with Crippen molar-refractivity contribution in [2.75, 3.05) is 0 Å². The van der Waals surface area contributed by atoms with Gasteiger partial charge in [0, 0.05) is 5.56 Å². The Bertz CT molecular complexity index is 375. The Morgan fingerprint density at radius 2 is 1.93 bits per heavy atom. The van der Waals surface area contributed by atoms with Crippen LogP contribution in [0, 0.1) is 6.92 Å². The van der Waals surface area contributed by atoms with Gasteiger partial charge in [-0.3, -0.25) is 0 Å². The van der Waals surface area contributed by atoms with Crippen LogP contribution in [0.4, 0.5) is 0 Å². The molecule has 0 saturated heterocycles. The number of carboxylic acids is 1. The Morgan fingerprint density at radius 1 is 1.33 bits per heavy atom. The first-order chi connectivity index (χ1) is 6.81. The second-order valence-corrected chi connectivity index (χ2v) is 4.45. The van der Waals surface area contributed by atoms with Gasteiger partial charge in [-0.1, -0.05) is 6.07 Å². The molecule has 0 bridgehead atoms. The maximum absolute atomic E-state index is 10.9. The predicted molar refractivity (Wildman–Crippen MR) is 58.5 cm³/mol. The predicted octanol–water partition coefficient (Wildman–Crippen LogP) is 2.87. The van der Waals surface area contributed by atoms with Gasteiger partial charge in [0.25, 0.3) is 0 Å². The summed E-state index contributed by atoms with van der Waals surface area (Å²) in [7, 11) is 0. The molecule has 1 N–H and O–H groups in total. The first-order valence-corrected chi connectivity index (χ1v) is 4.83. The van der Waals surface area contributed by atoms with Crippen LogP contribution in [0.1, 0.15) is 36.7 Å². The topological polar surface area (TPSA) is 46.5 Å². The van der Waals surface area contributed by atoms with Crippen molar-refractivity contribution in [3.8, 4) is 5.75 Å². The molecule has 0 unspecified atom stereocenters. The van der Waals surface area contributed by atoms with E-state index in [1.165, 1.54) is 0 Å². The molecule has 0 heterocycles. The first kappa shape index (κ1) is 11.6. The van der Waals surface area contributed by atoms with Crippen molar-refractivity contribution >= 4 is 5.97 Å². The fourth-order valence-corrected chi connectivity index (χ4v) is 1.29. The molecule has 0 aliphatic heterocycles. The maximum atomic E-state index is 10.9. The summed E-state index contributed by atoms with van der Waals surface area (Å²) in [4.78, 5) is 10.9. The molecule has 0 fully saturated rings. The van der Waals surface area contributed by atoms with Crippen molar-refractivity contribution in [3.63, 3.8) is 0 Å². The number of hydrogen-bond acceptors (Lipinski definition) is 2. The minimum Gasteiger partial charge on any atom is -0.488 e. The van der Waals surface area contributed by atoms with Crippen LogP contribution in [-0.2, 0) is 0 Å². The largest absolute Gasteiger partial charge is 0.488 e. The van der Waals surface area contributed by atoms with Crippen LogP contribution in [0.3, 0.4) is 0 Å². The van der Waals surface area contributed by atoms with Crippen molar-refractivity contribution in [2.24, 2.45) is 0 Å². The van der Waals surface area contributed by atoms with E-state index in [9.17, 15) is 4.79 Å². The van der Waals surface area contributed by atoms with Crippen LogP contribution in [-0.4, -0.2) is 16.7 Å². The fourth-order valence-electron chi connectivity index (χ4n) is 1.29. The van der Waals surface area contributed by atoms with Crippen LogP contribution in [0.25, 0.3) is 0 Å². The van der Waals surface area contributed by atoms with E-state index in [0.717, 1.165) is 0 Å². The number of rotatable bonds is 2. The molecule has 0 spiro atoms. The molecular weight excluding hydrogens is 192 g/mol. The third-order valence-corrected chi connectivity index (χ3v) is 1.93. The van der Waals surface area contributed by atoms with E-state index in [-0.39, 0.29) is 11.2 Å². The monoisotopic (exact) mass is 208 g/mol. The standard InChI is InChI=1S/C12H16O3/c1-8-9(11(13)14)6-5-7-10(8)15-12(2,3)4/h5-7H,1-4H3,(H,13,14). The lowest BCUT2D eigenvalue weighted by atomic mass is 10.1. The zero-order chi connectivity index (χ0) is 11.6. The van der Waals surface area contributed by atoms with E-state index in [2.05, 4.69) is 0 Å². The summed E-state index contributed by atoms with van der Waals surface area (Å²) in [6, 6.07) is 5.05. The Hall–Kier alpha value is -1.51. The summed E-state index contributed by atoms with van der Waals surface area (Å²) < 4.78 is 5.66. The van der Waals surface area contributed by atoms with Gasteiger partial charge in [0.1, 0.15) is 11.4 Å². The molecule has 0 amide bonds. The van der Waals surface area contributed by atoms with Gasteiger partial charge in [-0.2, -0.15) is 0 Å². The average molecular weight is 208 g/mol. The fraction of sp³-hybridized carbons (Fsp3) is 0.417. The Kier molecular flexibility index (Phi) is 3.03. The lowest BCUT2D eigenvalue weighted by Gasteiger charge is -2.23. The second kappa shape index (κ2) is 3.93. The lowest BCUT2D eigenvalue weighted by Crippen LogP contribution is -2.23. The third kappa shape index (κ3) is 2.98. The van der Waals surface area contributed by atoms with E-state index < -0.39 is 5.97 Å². The van der Waals surface area contributed by atoms with Crippen LogP contribution in [0.5, 0.6) is 5.75 Å². The van der Waals surface area contributed by atoms with E-state index >= 15 is 0 Å². The van der Waals surface area contributed by atoms with Gasteiger partial charge in [-0.15, -0.1) is 0 Å². The minimum atomic E-state index is -0.924. The highest BCUT2D eigenvalue weighted by molar-refractivity contribution is 5.90. The molecule has 82 valence electrons. The summed E-state index contributed by atoms with van der Waals surface area (Å²) in [5, 5.41) is 8.93. The second-order valence-electron chi connectivity index (χ2n) is 4.45. The highest BCUT2D eigenvalue weighted by Crippen LogP contribution is 2.25. The molecule has 0 aliphatic rings. The van der Waals surface area contributed by atoms with Gasteiger partial charge >= 0.3 is 5.97 Å². The number of hydrogen-bond donors (Lipinski definition) is 1. The molecule has 0 atom stereocenters. The van der Waals surface area contributed by atoms with Crippen LogP contribution in [0.15, 0.2) is 18.2 Å². The Balaban J connectivity index is 3.10. The molecular formula is C12H16O3. The zero-order valence-electron chi connectivity index (χ0n) is 9.50. The summed E-state index contributed by atoms with van der Waals surface area (Å²) in [6.07, 6.45) is 0. The molecule has 1 rings (SSSR count). The number of ether oxygens (including phenoxy) is 1. The van der Waals surface area contributed by atoms with Crippen molar-refractivity contribution in [2.45, 2.75) is 33.3 Å². The number of benzene rings is 1. The van der Waals surface area contributed by atoms with Gasteiger partial charge < -0.3 is 9.84 Å². The summed E-state index contributed by atoms with van der Waals surface area (Å²) >= 11 is 0. The maximum Gasteiger partial charge on any atom is 0.336 e. The summed E-state index contributed by atoms with van der Waals surface area (Å²) in [6.45, 7) is 7.55. The SMILES string of the molecule is Cc1c(OC(C)(C)C)cccc1C(=O)O. The average Bonchev–Trinajstić information content (AvgIpc) is 2.05. The molecule has 0 aliphatic carbocycles. The van der Waals surface area contributed by atoms with E-state index in [0.29, 0.717) is 11.3 Å². The molecule has 0 radical (unpaired) electrons. The van der Waals surface area contributed by atoms with Crippen molar-refractivity contribution in [1.82, 2.24) is 0 Å². The molecule has 0 saturated carbocycles. The minimum absolute atomic E-state index is 0.289. The van der Waals surface area contributed by atoms with E-state index in [1.54, 1.807) is 25.1 Å². The van der Waals surface area contributed by atoms with Gasteiger partial charge in [0.15, 0.2) is 0 Å². The third-order valence-electron chi connectivity index (χ3n) is 1.93. The molecule has 1 aromatic carbocycles. The van der Waals surface area contributed by atoms with E-state index in [1.807, 2.05) is 20.8 Å². The zero-order valence-corrected chi connectivity index (χ0v) is 9.50. The Labute approximate surface area is 89.7 Å². The molecule has 15 heavy (non-hydrogen) atoms. The molecule has 3 nitrogen and oxygen atoms in total. The number of carbonyl (C=O) groups is 1. The van der Waals surface area contributed by atoms with Crippen LogP contribution < -0.4 is 4.74 Å². The van der Waals surface area contributed by atoms with Gasteiger partial charge in [0.05, 0.1) is 5.56 Å². The van der Waals surface area contributed by atoms with Crippen molar-refractivity contribution in [1.29, 1.82) is 0 Å². The highest BCUT2D eigenvalue weighted by atomic mass is 16.5. The Morgan fingerprint density at radius 3 is 2.40 bits per heavy atom. The lowest BCUT2D eigenvalue weighted by molar-refractivity contribution is 0.0693. The molecule has 1 aromatic rings. The first-order valence-electron chi connectivity index (χ1n) is 4.83. The summed E-state index contributed by atoms with van der Waals surface area (Å²) in [5.41, 5.74) is 0.638. The number of carboxylic acid groups (broad SMARTS) is 1. The normalized spacial score (nSPS) is 11.2. The van der Waals surface area contributed by atoms with E-state index in [4.69, 9.17) is 9.84 Å². The quantitative estimate of drug-likeness (QED) is 0.812. The molecule has 3 heteroatoms. The van der Waals surface area contributed by atoms with Crippen LogP contribution >= 0.6 is 0 Å².